The second-order valence-corrected chi connectivity index (χ2v) is 9.81. The van der Waals surface area contributed by atoms with Gasteiger partial charge < -0.3 is 24.4 Å². The molecule has 4 rings (SSSR count). The molecule has 178 valence electrons. The van der Waals surface area contributed by atoms with E-state index >= 15 is 0 Å². The number of rotatable bonds is 4. The quantitative estimate of drug-likeness (QED) is 0.762. The molecule has 2 fully saturated rings. The summed E-state index contributed by atoms with van der Waals surface area (Å²) < 4.78 is 7.55. The number of hydrogen-bond acceptors (Lipinski definition) is 6. The van der Waals surface area contributed by atoms with E-state index in [1.165, 1.54) is 0 Å². The van der Waals surface area contributed by atoms with Crippen molar-refractivity contribution in [2.75, 3.05) is 31.1 Å². The maximum atomic E-state index is 13.1. The molecule has 2 aromatic heterocycles. The van der Waals surface area contributed by atoms with Crippen LogP contribution < -0.4 is 10.2 Å². The normalized spacial score (nSPS) is 19.9. The summed E-state index contributed by atoms with van der Waals surface area (Å²) in [4.78, 5) is 38.1. The van der Waals surface area contributed by atoms with Gasteiger partial charge in [-0.3, -0.25) is 4.79 Å². The number of ether oxygens (including phenoxy) is 1. The molecule has 2 aromatic rings. The van der Waals surface area contributed by atoms with Crippen LogP contribution in [0, 0.1) is 0 Å². The molecule has 1 atom stereocenters. The van der Waals surface area contributed by atoms with Crippen molar-refractivity contribution < 1.29 is 14.3 Å². The fourth-order valence-corrected chi connectivity index (χ4v) is 4.55. The highest BCUT2D eigenvalue weighted by Gasteiger charge is 2.30. The highest BCUT2D eigenvalue weighted by molar-refractivity contribution is 5.93. The Labute approximate surface area is 195 Å². The molecule has 2 aliphatic heterocycles. The lowest BCUT2D eigenvalue weighted by Gasteiger charge is -2.35. The third-order valence-corrected chi connectivity index (χ3v) is 6.11. The molecule has 0 aliphatic carbocycles. The van der Waals surface area contributed by atoms with E-state index in [-0.39, 0.29) is 24.1 Å². The number of hydrogen-bond donors (Lipinski definition) is 1. The molecule has 1 unspecified atom stereocenters. The van der Waals surface area contributed by atoms with E-state index < -0.39 is 5.60 Å². The first-order valence-corrected chi connectivity index (χ1v) is 11.8. The zero-order valence-electron chi connectivity index (χ0n) is 19.7. The molecule has 2 saturated heterocycles. The standard InChI is InChI=1S/C24H34N6O3/c1-24(2,3)33-23(32)28-15-9-19(10-16-28)30-14-5-8-20(30)21(31)27-18-7-4-13-29(17-18)22-25-11-6-12-26-22/h5-6,8,11-12,14,18-19H,4,7,9-10,13,15-17H2,1-3H3,(H,27,31). The van der Waals surface area contributed by atoms with Crippen molar-refractivity contribution in [3.63, 3.8) is 0 Å². The Bertz CT molecular complexity index is 947. The topological polar surface area (TPSA) is 92.6 Å². The smallest absolute Gasteiger partial charge is 0.410 e. The summed E-state index contributed by atoms with van der Waals surface area (Å²) in [7, 11) is 0. The second-order valence-electron chi connectivity index (χ2n) is 9.81. The Morgan fingerprint density at radius 3 is 2.48 bits per heavy atom. The number of likely N-dealkylation sites (tertiary alicyclic amines) is 1. The fourth-order valence-electron chi connectivity index (χ4n) is 4.55. The van der Waals surface area contributed by atoms with Gasteiger partial charge in [0.15, 0.2) is 0 Å². The van der Waals surface area contributed by atoms with Crippen LogP contribution in [-0.4, -0.2) is 69.3 Å². The molecule has 2 amide bonds. The summed E-state index contributed by atoms with van der Waals surface area (Å²) in [6.07, 6.45) is 8.67. The van der Waals surface area contributed by atoms with Crippen LogP contribution in [0.3, 0.4) is 0 Å². The molecular weight excluding hydrogens is 420 g/mol. The summed E-state index contributed by atoms with van der Waals surface area (Å²) >= 11 is 0. The summed E-state index contributed by atoms with van der Waals surface area (Å²) in [5, 5.41) is 3.21. The number of aromatic nitrogens is 3. The van der Waals surface area contributed by atoms with Crippen LogP contribution in [0.25, 0.3) is 0 Å². The molecular formula is C24H34N6O3. The first kappa shape index (κ1) is 23.1. The molecule has 1 N–H and O–H groups in total. The van der Waals surface area contributed by atoms with E-state index in [2.05, 4.69) is 24.8 Å². The molecule has 0 radical (unpaired) electrons. The molecule has 9 heteroatoms. The maximum absolute atomic E-state index is 13.1. The van der Waals surface area contributed by atoms with Gasteiger partial charge in [0.2, 0.25) is 5.95 Å². The number of carbonyl (C=O) groups excluding carboxylic acids is 2. The molecule has 0 bridgehead atoms. The second kappa shape index (κ2) is 9.80. The number of nitrogens with one attached hydrogen (secondary N) is 1. The van der Waals surface area contributed by atoms with Gasteiger partial charge in [-0.15, -0.1) is 0 Å². The molecule has 4 heterocycles. The van der Waals surface area contributed by atoms with Crippen LogP contribution in [0.1, 0.15) is 63.0 Å². The van der Waals surface area contributed by atoms with Gasteiger partial charge in [-0.05, 0) is 64.7 Å². The SMILES string of the molecule is CC(C)(C)OC(=O)N1CCC(n2cccc2C(=O)NC2CCCN(c3ncccn3)C2)CC1. The van der Waals surface area contributed by atoms with Crippen molar-refractivity contribution in [1.29, 1.82) is 0 Å². The molecule has 2 aliphatic rings. The predicted molar refractivity (Wildman–Crippen MR) is 125 cm³/mol. The van der Waals surface area contributed by atoms with Crippen molar-refractivity contribution in [2.24, 2.45) is 0 Å². The number of carbonyl (C=O) groups is 2. The van der Waals surface area contributed by atoms with Gasteiger partial charge in [0.25, 0.3) is 5.91 Å². The van der Waals surface area contributed by atoms with Gasteiger partial charge in [-0.25, -0.2) is 14.8 Å². The first-order chi connectivity index (χ1) is 15.8. The fraction of sp³-hybridized carbons (Fsp3) is 0.583. The highest BCUT2D eigenvalue weighted by atomic mass is 16.6. The average Bonchev–Trinajstić information content (AvgIpc) is 3.29. The Hall–Kier alpha value is -3.10. The summed E-state index contributed by atoms with van der Waals surface area (Å²) in [5.41, 5.74) is 0.167. The van der Waals surface area contributed by atoms with Crippen LogP contribution in [0.2, 0.25) is 0 Å². The molecule has 33 heavy (non-hydrogen) atoms. The van der Waals surface area contributed by atoms with E-state index in [0.717, 1.165) is 32.2 Å². The average molecular weight is 455 g/mol. The third kappa shape index (κ3) is 5.83. The lowest BCUT2D eigenvalue weighted by Crippen LogP contribution is -2.48. The van der Waals surface area contributed by atoms with E-state index in [9.17, 15) is 9.59 Å². The van der Waals surface area contributed by atoms with Crippen molar-refractivity contribution in [1.82, 2.24) is 24.8 Å². The first-order valence-electron chi connectivity index (χ1n) is 11.8. The Morgan fingerprint density at radius 2 is 1.79 bits per heavy atom. The summed E-state index contributed by atoms with van der Waals surface area (Å²) in [6.45, 7) is 8.46. The van der Waals surface area contributed by atoms with E-state index in [1.54, 1.807) is 23.4 Å². The zero-order valence-corrected chi connectivity index (χ0v) is 19.7. The van der Waals surface area contributed by atoms with Gasteiger partial charge in [-0.1, -0.05) is 0 Å². The zero-order chi connectivity index (χ0) is 23.4. The van der Waals surface area contributed by atoms with Crippen LogP contribution in [-0.2, 0) is 4.74 Å². The predicted octanol–water partition coefficient (Wildman–Crippen LogP) is 3.25. The van der Waals surface area contributed by atoms with Crippen LogP contribution >= 0.6 is 0 Å². The lowest BCUT2D eigenvalue weighted by atomic mass is 10.0. The maximum Gasteiger partial charge on any atom is 0.410 e. The lowest BCUT2D eigenvalue weighted by molar-refractivity contribution is 0.0187. The minimum atomic E-state index is -0.499. The van der Waals surface area contributed by atoms with Crippen LogP contribution in [0.4, 0.5) is 10.7 Å². The van der Waals surface area contributed by atoms with Crippen molar-refractivity contribution >= 4 is 17.9 Å². The van der Waals surface area contributed by atoms with E-state index in [0.29, 0.717) is 31.3 Å². The van der Waals surface area contributed by atoms with Crippen LogP contribution in [0.5, 0.6) is 0 Å². The number of amides is 2. The number of nitrogens with zero attached hydrogens (tertiary/aromatic N) is 5. The minimum absolute atomic E-state index is 0.0485. The summed E-state index contributed by atoms with van der Waals surface area (Å²) in [5.74, 6) is 0.645. The van der Waals surface area contributed by atoms with Gasteiger partial charge in [0, 0.05) is 56.9 Å². The van der Waals surface area contributed by atoms with Crippen molar-refractivity contribution in [3.05, 3.63) is 42.5 Å². The van der Waals surface area contributed by atoms with Crippen molar-refractivity contribution in [3.8, 4) is 0 Å². The van der Waals surface area contributed by atoms with Crippen molar-refractivity contribution in [2.45, 2.75) is 64.1 Å². The minimum Gasteiger partial charge on any atom is -0.444 e. The number of piperidine rings is 2. The van der Waals surface area contributed by atoms with Gasteiger partial charge >= 0.3 is 6.09 Å². The Morgan fingerprint density at radius 1 is 1.06 bits per heavy atom. The van der Waals surface area contributed by atoms with Gasteiger partial charge in [0.1, 0.15) is 11.3 Å². The Kier molecular flexibility index (Phi) is 6.85. The molecule has 0 aromatic carbocycles. The summed E-state index contributed by atoms with van der Waals surface area (Å²) in [6, 6.07) is 5.82. The molecule has 0 saturated carbocycles. The van der Waals surface area contributed by atoms with E-state index in [1.807, 2.05) is 39.1 Å². The molecule has 9 nitrogen and oxygen atoms in total. The largest absolute Gasteiger partial charge is 0.444 e. The van der Waals surface area contributed by atoms with E-state index in [4.69, 9.17) is 4.74 Å². The number of anilines is 1. The van der Waals surface area contributed by atoms with Gasteiger partial charge in [0.05, 0.1) is 0 Å². The monoisotopic (exact) mass is 454 g/mol. The van der Waals surface area contributed by atoms with Crippen LogP contribution in [0.15, 0.2) is 36.8 Å². The third-order valence-electron chi connectivity index (χ3n) is 6.11. The molecule has 0 spiro atoms. The van der Waals surface area contributed by atoms with Gasteiger partial charge in [-0.2, -0.15) is 0 Å². The Balaban J connectivity index is 1.34. The highest BCUT2D eigenvalue weighted by Crippen LogP contribution is 2.26.